The summed E-state index contributed by atoms with van der Waals surface area (Å²) in [6.45, 7) is 2.09. The van der Waals surface area contributed by atoms with Gasteiger partial charge in [0.15, 0.2) is 0 Å². The van der Waals surface area contributed by atoms with Crippen molar-refractivity contribution in [2.24, 2.45) is 0 Å². The van der Waals surface area contributed by atoms with E-state index in [1.165, 1.54) is 28.8 Å². The number of nitrogens with one attached hydrogen (secondary N) is 1. The predicted molar refractivity (Wildman–Crippen MR) is 79.5 cm³/mol. The number of anilines is 2. The van der Waals surface area contributed by atoms with E-state index in [1.54, 1.807) is 19.1 Å². The third kappa shape index (κ3) is 3.68. The second-order valence-electron chi connectivity index (χ2n) is 4.69. The van der Waals surface area contributed by atoms with Crippen LogP contribution in [0.2, 0.25) is 0 Å². The summed E-state index contributed by atoms with van der Waals surface area (Å²) < 4.78 is 14.5. The first-order valence-corrected chi connectivity index (χ1v) is 6.48. The molecular weight excluding hydrogens is 273 g/mol. The number of carbonyl (C=O) groups excluding carboxylic acids is 1. The molecule has 0 radical (unpaired) electrons. The lowest BCUT2D eigenvalue weighted by Gasteiger charge is -2.10. The molecule has 1 heterocycles. The average Bonchev–Trinajstić information content (AvgIpc) is 2.42. The fraction of sp³-hybridized carbons (Fsp3) is 0.200. The van der Waals surface area contributed by atoms with E-state index in [-0.39, 0.29) is 30.1 Å². The Kier molecular flexibility index (Phi) is 4.37. The number of nitrogens with two attached hydrogens (primary N) is 1. The number of aromatic nitrogens is 1. The van der Waals surface area contributed by atoms with Crippen LogP contribution in [0.15, 0.2) is 41.2 Å². The van der Waals surface area contributed by atoms with Crippen LogP contribution in [0.5, 0.6) is 0 Å². The number of rotatable bonds is 4. The van der Waals surface area contributed by atoms with Gasteiger partial charge in [-0.1, -0.05) is 6.07 Å². The van der Waals surface area contributed by atoms with Crippen LogP contribution in [0.1, 0.15) is 12.1 Å². The van der Waals surface area contributed by atoms with Crippen LogP contribution in [0.4, 0.5) is 15.8 Å². The van der Waals surface area contributed by atoms with Gasteiger partial charge in [-0.2, -0.15) is 0 Å². The standard InChI is InChI=1S/C15H16FN3O2/c1-10-3-2-4-15(21)19(10)8-7-14(20)18-11-5-6-12(16)13(17)9-11/h2-6,9H,7-8,17H2,1H3,(H,18,20). The van der Waals surface area contributed by atoms with E-state index in [2.05, 4.69) is 5.32 Å². The van der Waals surface area contributed by atoms with Crippen LogP contribution in [-0.4, -0.2) is 10.5 Å². The summed E-state index contributed by atoms with van der Waals surface area (Å²) in [6.07, 6.45) is 0.141. The summed E-state index contributed by atoms with van der Waals surface area (Å²) in [5, 5.41) is 2.62. The zero-order chi connectivity index (χ0) is 15.4. The van der Waals surface area contributed by atoms with E-state index in [4.69, 9.17) is 5.73 Å². The van der Waals surface area contributed by atoms with Crippen molar-refractivity contribution in [3.05, 3.63) is 58.3 Å². The fourth-order valence-electron chi connectivity index (χ4n) is 1.97. The van der Waals surface area contributed by atoms with E-state index in [0.29, 0.717) is 5.69 Å². The number of aryl methyl sites for hydroxylation is 1. The molecule has 0 spiro atoms. The van der Waals surface area contributed by atoms with Crippen molar-refractivity contribution in [2.45, 2.75) is 19.9 Å². The largest absolute Gasteiger partial charge is 0.396 e. The van der Waals surface area contributed by atoms with E-state index in [9.17, 15) is 14.0 Å². The molecule has 5 nitrogen and oxygen atoms in total. The van der Waals surface area contributed by atoms with Gasteiger partial charge in [-0.3, -0.25) is 9.59 Å². The Morgan fingerprint density at radius 2 is 2.10 bits per heavy atom. The highest BCUT2D eigenvalue weighted by Gasteiger charge is 2.06. The van der Waals surface area contributed by atoms with Gasteiger partial charge in [0.2, 0.25) is 5.91 Å². The number of hydrogen-bond acceptors (Lipinski definition) is 3. The molecular formula is C15H16FN3O2. The molecule has 0 aliphatic carbocycles. The fourth-order valence-corrected chi connectivity index (χ4v) is 1.97. The van der Waals surface area contributed by atoms with E-state index >= 15 is 0 Å². The number of benzene rings is 1. The van der Waals surface area contributed by atoms with Crippen molar-refractivity contribution in [3.63, 3.8) is 0 Å². The van der Waals surface area contributed by atoms with Crippen molar-refractivity contribution in [3.8, 4) is 0 Å². The minimum absolute atomic E-state index is 0.0251. The van der Waals surface area contributed by atoms with E-state index in [0.717, 1.165) is 5.69 Å². The lowest BCUT2D eigenvalue weighted by atomic mass is 10.2. The molecule has 0 saturated heterocycles. The van der Waals surface area contributed by atoms with Crippen molar-refractivity contribution in [1.29, 1.82) is 0 Å². The number of carbonyl (C=O) groups is 1. The zero-order valence-corrected chi connectivity index (χ0v) is 11.6. The first-order valence-electron chi connectivity index (χ1n) is 6.48. The van der Waals surface area contributed by atoms with Crippen LogP contribution in [-0.2, 0) is 11.3 Å². The number of pyridine rings is 1. The Morgan fingerprint density at radius 1 is 1.33 bits per heavy atom. The van der Waals surface area contributed by atoms with Gasteiger partial charge in [0.05, 0.1) is 5.69 Å². The number of nitrogen functional groups attached to an aromatic ring is 1. The molecule has 0 aliphatic heterocycles. The molecule has 3 N–H and O–H groups in total. The highest BCUT2D eigenvalue weighted by molar-refractivity contribution is 5.91. The molecule has 21 heavy (non-hydrogen) atoms. The van der Waals surface area contributed by atoms with Gasteiger partial charge in [-0.15, -0.1) is 0 Å². The Morgan fingerprint density at radius 3 is 2.76 bits per heavy atom. The van der Waals surface area contributed by atoms with Crippen LogP contribution < -0.4 is 16.6 Å². The SMILES string of the molecule is Cc1cccc(=O)n1CCC(=O)Nc1ccc(F)c(N)c1. The van der Waals surface area contributed by atoms with Gasteiger partial charge in [-0.25, -0.2) is 4.39 Å². The maximum atomic E-state index is 13.0. The molecule has 0 atom stereocenters. The second-order valence-corrected chi connectivity index (χ2v) is 4.69. The molecule has 1 amide bonds. The Hall–Kier alpha value is -2.63. The summed E-state index contributed by atoms with van der Waals surface area (Å²) in [5.74, 6) is -0.796. The molecule has 0 saturated carbocycles. The summed E-state index contributed by atoms with van der Waals surface area (Å²) in [7, 11) is 0. The summed E-state index contributed by atoms with van der Waals surface area (Å²) >= 11 is 0. The highest BCUT2D eigenvalue weighted by atomic mass is 19.1. The molecule has 0 fully saturated rings. The number of amides is 1. The molecule has 0 unspecified atom stereocenters. The van der Waals surface area contributed by atoms with Crippen molar-refractivity contribution >= 4 is 17.3 Å². The third-order valence-corrected chi connectivity index (χ3v) is 3.11. The zero-order valence-electron chi connectivity index (χ0n) is 11.6. The Balaban J connectivity index is 1.99. The van der Waals surface area contributed by atoms with Crippen LogP contribution in [0.3, 0.4) is 0 Å². The average molecular weight is 289 g/mol. The first kappa shape index (κ1) is 14.8. The maximum Gasteiger partial charge on any atom is 0.250 e. The van der Waals surface area contributed by atoms with Gasteiger partial charge < -0.3 is 15.6 Å². The van der Waals surface area contributed by atoms with Gasteiger partial charge >= 0.3 is 0 Å². The lowest BCUT2D eigenvalue weighted by molar-refractivity contribution is -0.116. The predicted octanol–water partition coefficient (Wildman–Crippen LogP) is 1.91. The number of halogens is 1. The highest BCUT2D eigenvalue weighted by Crippen LogP contribution is 2.16. The molecule has 2 rings (SSSR count). The Labute approximate surface area is 121 Å². The summed E-state index contributed by atoms with van der Waals surface area (Å²) in [6, 6.07) is 8.91. The smallest absolute Gasteiger partial charge is 0.250 e. The molecule has 0 bridgehead atoms. The van der Waals surface area contributed by atoms with Crippen LogP contribution >= 0.6 is 0 Å². The van der Waals surface area contributed by atoms with E-state index in [1.807, 2.05) is 0 Å². The molecule has 0 aliphatic rings. The summed E-state index contributed by atoms with van der Waals surface area (Å²) in [4.78, 5) is 23.5. The first-order chi connectivity index (χ1) is 9.97. The molecule has 110 valence electrons. The van der Waals surface area contributed by atoms with Crippen molar-refractivity contribution < 1.29 is 9.18 Å². The van der Waals surface area contributed by atoms with Crippen LogP contribution in [0.25, 0.3) is 0 Å². The topological polar surface area (TPSA) is 77.1 Å². The Bertz CT molecular complexity index is 725. The normalized spacial score (nSPS) is 10.4. The monoisotopic (exact) mass is 289 g/mol. The lowest BCUT2D eigenvalue weighted by Crippen LogP contribution is -2.24. The summed E-state index contributed by atoms with van der Waals surface area (Å²) in [5.41, 5.74) is 6.48. The number of nitrogens with zero attached hydrogens (tertiary/aromatic N) is 1. The van der Waals surface area contributed by atoms with Crippen molar-refractivity contribution in [1.82, 2.24) is 4.57 Å². The molecule has 1 aromatic carbocycles. The maximum absolute atomic E-state index is 13.0. The van der Waals surface area contributed by atoms with Crippen molar-refractivity contribution in [2.75, 3.05) is 11.1 Å². The van der Waals surface area contributed by atoms with Gasteiger partial charge in [0.25, 0.3) is 5.56 Å². The minimum Gasteiger partial charge on any atom is -0.396 e. The molecule has 1 aromatic heterocycles. The van der Waals surface area contributed by atoms with E-state index < -0.39 is 5.82 Å². The van der Waals surface area contributed by atoms with Gasteiger partial charge in [0, 0.05) is 30.4 Å². The second kappa shape index (κ2) is 6.21. The quantitative estimate of drug-likeness (QED) is 0.844. The number of hydrogen-bond donors (Lipinski definition) is 2. The minimum atomic E-state index is -0.528. The molecule has 6 heteroatoms. The van der Waals surface area contributed by atoms with Crippen LogP contribution in [0, 0.1) is 12.7 Å². The van der Waals surface area contributed by atoms with Gasteiger partial charge in [0.1, 0.15) is 5.82 Å². The molecule has 2 aromatic rings. The van der Waals surface area contributed by atoms with Gasteiger partial charge in [-0.05, 0) is 31.2 Å². The third-order valence-electron chi connectivity index (χ3n) is 3.11.